The van der Waals surface area contributed by atoms with Crippen LogP contribution in [0.25, 0.3) is 0 Å². The summed E-state index contributed by atoms with van der Waals surface area (Å²) in [6, 6.07) is 18.3. The highest BCUT2D eigenvalue weighted by atomic mass is 79.9. The van der Waals surface area contributed by atoms with E-state index in [0.717, 1.165) is 10.2 Å². The third-order valence-corrected chi connectivity index (χ3v) is 7.26. The lowest BCUT2D eigenvalue weighted by Gasteiger charge is -2.31. The predicted octanol–water partition coefficient (Wildman–Crippen LogP) is 5.52. The summed E-state index contributed by atoms with van der Waals surface area (Å²) in [5, 5.41) is 0.264. The Morgan fingerprint density at radius 2 is 1.62 bits per heavy atom. The van der Waals surface area contributed by atoms with Crippen LogP contribution in [0.4, 0.5) is 0 Å². The Balaban J connectivity index is 2.07. The van der Waals surface area contributed by atoms with E-state index in [-0.39, 0.29) is 11.1 Å². The van der Waals surface area contributed by atoms with E-state index in [2.05, 4.69) is 67.9 Å². The van der Waals surface area contributed by atoms with E-state index >= 15 is 0 Å². The van der Waals surface area contributed by atoms with Crippen molar-refractivity contribution in [2.75, 3.05) is 6.61 Å². The molecule has 2 rings (SSSR count). The van der Waals surface area contributed by atoms with Gasteiger partial charge in [0.25, 0.3) is 0 Å². The molecule has 0 amide bonds. The Hall–Kier alpha value is -1.10. The van der Waals surface area contributed by atoms with E-state index in [1.54, 1.807) is 0 Å². The smallest absolute Gasteiger partial charge is 0.168 e. The van der Waals surface area contributed by atoms with Gasteiger partial charge in [0.15, 0.2) is 9.76 Å². The molecule has 0 N–H and O–H groups in total. The minimum atomic E-state index is -0.701. The Kier molecular flexibility index (Phi) is 7.08. The van der Waals surface area contributed by atoms with Gasteiger partial charge >= 0.3 is 0 Å². The van der Waals surface area contributed by atoms with Crippen molar-refractivity contribution < 1.29 is 9.16 Å². The second-order valence-corrected chi connectivity index (χ2v) is 10.5. The summed E-state index contributed by atoms with van der Waals surface area (Å²) in [4.78, 5) is 0. The number of halogens is 1. The first-order chi connectivity index (χ1) is 11.4. The fraction of sp³-hybridized carbons (Fsp3) is 0.400. The fourth-order valence-electron chi connectivity index (χ4n) is 2.09. The van der Waals surface area contributed by atoms with Crippen LogP contribution in [0.5, 0.6) is 5.75 Å². The molecule has 1 atom stereocenters. The highest BCUT2D eigenvalue weighted by Crippen LogP contribution is 2.34. The van der Waals surface area contributed by atoms with Gasteiger partial charge in [-0.1, -0.05) is 74.0 Å². The zero-order chi connectivity index (χ0) is 17.6. The molecule has 1 unspecified atom stereocenters. The van der Waals surface area contributed by atoms with Crippen LogP contribution in [0.15, 0.2) is 59.1 Å². The quantitative estimate of drug-likeness (QED) is 0.536. The van der Waals surface area contributed by atoms with E-state index in [1.807, 2.05) is 30.3 Å². The average Bonchev–Trinajstić information content (AvgIpc) is 2.57. The number of hydrogen-bond donors (Lipinski definition) is 0. The second kappa shape index (κ2) is 8.84. The Morgan fingerprint density at radius 1 is 1.00 bits per heavy atom. The molecule has 2 nitrogen and oxygen atoms in total. The first kappa shape index (κ1) is 19.2. The van der Waals surface area contributed by atoms with Crippen molar-refractivity contribution in [3.8, 4) is 5.75 Å². The highest BCUT2D eigenvalue weighted by Gasteiger charge is 2.26. The van der Waals surface area contributed by atoms with E-state index in [1.165, 1.54) is 5.56 Å². The number of benzene rings is 2. The summed E-state index contributed by atoms with van der Waals surface area (Å²) in [5.74, 6) is 1.50. The molecule has 0 aliphatic carbocycles. The average molecular weight is 407 g/mol. The molecule has 24 heavy (non-hydrogen) atoms. The van der Waals surface area contributed by atoms with Crippen molar-refractivity contribution >= 4 is 25.7 Å². The van der Waals surface area contributed by atoms with E-state index in [9.17, 15) is 0 Å². The van der Waals surface area contributed by atoms with Gasteiger partial charge in [-0.05, 0) is 40.8 Å². The van der Waals surface area contributed by atoms with Crippen molar-refractivity contribution in [2.45, 2.75) is 38.8 Å². The van der Waals surface area contributed by atoms with Crippen molar-refractivity contribution in [1.82, 2.24) is 0 Å². The molecule has 4 heteroatoms. The van der Waals surface area contributed by atoms with Gasteiger partial charge in [0.2, 0.25) is 0 Å². The number of para-hydroxylation sites is 1. The third-order valence-electron chi connectivity index (χ3n) is 4.61. The summed E-state index contributed by atoms with van der Waals surface area (Å²) >= 11 is 3.50. The molecule has 0 saturated heterocycles. The molecule has 0 heterocycles. The first-order valence-electron chi connectivity index (χ1n) is 8.43. The molecular formula is C20H27BrO2Si. The standard InChI is InChI=1S/C20H27BrO2Si/c1-15(2)20(3,4)24-23-19(16-10-12-17(21)13-11-16)14-22-18-8-6-5-7-9-18/h5-13,15,19H,14,24H2,1-4H3. The van der Waals surface area contributed by atoms with Crippen LogP contribution in [-0.4, -0.2) is 16.4 Å². The van der Waals surface area contributed by atoms with Crippen LogP contribution in [0.1, 0.15) is 39.4 Å². The van der Waals surface area contributed by atoms with Crippen LogP contribution >= 0.6 is 15.9 Å². The lowest BCUT2D eigenvalue weighted by molar-refractivity contribution is 0.127. The summed E-state index contributed by atoms with van der Waals surface area (Å²) in [6.07, 6.45) is -0.0250. The molecule has 0 bridgehead atoms. The van der Waals surface area contributed by atoms with Crippen LogP contribution in [0, 0.1) is 5.92 Å². The van der Waals surface area contributed by atoms with E-state index in [4.69, 9.17) is 9.16 Å². The lowest BCUT2D eigenvalue weighted by atomic mass is 9.99. The summed E-state index contributed by atoms with van der Waals surface area (Å²) < 4.78 is 13.5. The Labute approximate surface area is 156 Å². The Morgan fingerprint density at radius 3 is 2.21 bits per heavy atom. The summed E-state index contributed by atoms with van der Waals surface area (Å²) in [6.45, 7) is 9.69. The van der Waals surface area contributed by atoms with Gasteiger partial charge in [0, 0.05) is 4.47 Å². The summed E-state index contributed by atoms with van der Waals surface area (Å²) in [5.41, 5.74) is 1.17. The highest BCUT2D eigenvalue weighted by molar-refractivity contribution is 9.10. The fourth-order valence-corrected chi connectivity index (χ4v) is 3.61. The minimum absolute atomic E-state index is 0.0250. The number of rotatable bonds is 8. The molecule has 130 valence electrons. The minimum Gasteiger partial charge on any atom is -0.491 e. The molecule has 0 aliphatic rings. The predicted molar refractivity (Wildman–Crippen MR) is 107 cm³/mol. The van der Waals surface area contributed by atoms with Gasteiger partial charge in [-0.25, -0.2) is 0 Å². The first-order valence-corrected chi connectivity index (χ1v) is 10.5. The Bertz CT molecular complexity index is 611. The van der Waals surface area contributed by atoms with Crippen LogP contribution in [0.2, 0.25) is 5.04 Å². The zero-order valence-electron chi connectivity index (χ0n) is 15.0. The van der Waals surface area contributed by atoms with E-state index < -0.39 is 9.76 Å². The molecule has 2 aromatic carbocycles. The lowest BCUT2D eigenvalue weighted by Crippen LogP contribution is -2.26. The largest absolute Gasteiger partial charge is 0.491 e. The van der Waals surface area contributed by atoms with Gasteiger partial charge in [0.05, 0.1) is 0 Å². The maximum absolute atomic E-state index is 6.41. The molecule has 0 spiro atoms. The van der Waals surface area contributed by atoms with Gasteiger partial charge in [-0.15, -0.1) is 0 Å². The normalized spacial score (nSPS) is 13.6. The van der Waals surface area contributed by atoms with Crippen LogP contribution < -0.4 is 4.74 Å². The number of hydrogen-bond acceptors (Lipinski definition) is 2. The summed E-state index contributed by atoms with van der Waals surface area (Å²) in [7, 11) is -0.701. The monoisotopic (exact) mass is 406 g/mol. The van der Waals surface area contributed by atoms with Gasteiger partial charge in [-0.3, -0.25) is 0 Å². The zero-order valence-corrected chi connectivity index (χ0v) is 18.0. The molecular weight excluding hydrogens is 380 g/mol. The van der Waals surface area contributed by atoms with Crippen molar-refractivity contribution in [2.24, 2.45) is 5.92 Å². The molecule has 0 aromatic heterocycles. The van der Waals surface area contributed by atoms with Crippen LogP contribution in [0.3, 0.4) is 0 Å². The maximum atomic E-state index is 6.41. The van der Waals surface area contributed by atoms with Crippen molar-refractivity contribution in [3.05, 3.63) is 64.6 Å². The SMILES string of the molecule is CC(C)C(C)(C)[SiH2]OC(COc1ccccc1)c1ccc(Br)cc1. The molecule has 2 aromatic rings. The van der Waals surface area contributed by atoms with E-state index in [0.29, 0.717) is 12.5 Å². The van der Waals surface area contributed by atoms with Crippen molar-refractivity contribution in [1.29, 1.82) is 0 Å². The molecule has 0 fully saturated rings. The van der Waals surface area contributed by atoms with Crippen LogP contribution in [-0.2, 0) is 4.43 Å². The van der Waals surface area contributed by atoms with Gasteiger partial charge < -0.3 is 9.16 Å². The molecule has 0 aliphatic heterocycles. The molecule has 0 radical (unpaired) electrons. The van der Waals surface area contributed by atoms with Gasteiger partial charge in [-0.2, -0.15) is 0 Å². The van der Waals surface area contributed by atoms with Crippen molar-refractivity contribution in [3.63, 3.8) is 0 Å². The third kappa shape index (κ3) is 5.76. The topological polar surface area (TPSA) is 18.5 Å². The van der Waals surface area contributed by atoms with Gasteiger partial charge in [0.1, 0.15) is 18.5 Å². The second-order valence-electron chi connectivity index (χ2n) is 7.12. The number of ether oxygens (including phenoxy) is 1. The maximum Gasteiger partial charge on any atom is 0.168 e. The molecule has 0 saturated carbocycles.